The molecule has 0 aliphatic heterocycles. The lowest BCUT2D eigenvalue weighted by Crippen LogP contribution is -2.19. The Morgan fingerprint density at radius 1 is 1.23 bits per heavy atom. The summed E-state index contributed by atoms with van der Waals surface area (Å²) in [7, 11) is 0. The second kappa shape index (κ2) is 3.80. The summed E-state index contributed by atoms with van der Waals surface area (Å²) in [5.74, 6) is 4.48. The van der Waals surface area contributed by atoms with Gasteiger partial charge in [0.15, 0.2) is 0 Å². The second-order valence-electron chi connectivity index (χ2n) is 4.26. The van der Waals surface area contributed by atoms with Gasteiger partial charge in [0.2, 0.25) is 0 Å². The van der Waals surface area contributed by atoms with Crippen molar-refractivity contribution in [2.45, 2.75) is 39.7 Å². The van der Waals surface area contributed by atoms with E-state index in [-0.39, 0.29) is 6.42 Å². The minimum atomic E-state index is -1.06. The Hall–Kier alpha value is -1.01. The van der Waals surface area contributed by atoms with E-state index >= 15 is 0 Å². The zero-order chi connectivity index (χ0) is 10.7. The van der Waals surface area contributed by atoms with Crippen LogP contribution in [0.15, 0.2) is 0 Å². The van der Waals surface area contributed by atoms with Crippen LogP contribution in [0.5, 0.6) is 0 Å². The Kier molecular flexibility index (Phi) is 3.50. The highest BCUT2D eigenvalue weighted by Gasteiger charge is 2.19. The minimum absolute atomic E-state index is 0.0178. The van der Waals surface area contributed by atoms with Crippen LogP contribution >= 0.6 is 0 Å². The Bertz CT molecular complexity index is 248. The number of rotatable bonds is 2. The number of aliphatic hydroxyl groups is 1. The second-order valence-corrected chi connectivity index (χ2v) is 4.26. The summed E-state index contributed by atoms with van der Waals surface area (Å²) in [4.78, 5) is 10.4. The zero-order valence-electron chi connectivity index (χ0n) is 8.51. The number of carbonyl (C=O) groups is 1. The summed E-state index contributed by atoms with van der Waals surface area (Å²) in [6.45, 7) is 6.60. The van der Waals surface area contributed by atoms with Gasteiger partial charge in [0.05, 0.1) is 6.42 Å². The maximum absolute atomic E-state index is 10.4. The van der Waals surface area contributed by atoms with E-state index in [1.54, 1.807) is 27.7 Å². The van der Waals surface area contributed by atoms with Gasteiger partial charge in [-0.25, -0.2) is 0 Å². The Balaban J connectivity index is 4.46. The van der Waals surface area contributed by atoms with Crippen LogP contribution in [0.2, 0.25) is 0 Å². The molecule has 0 aromatic rings. The van der Waals surface area contributed by atoms with Gasteiger partial charge in [0, 0.05) is 5.41 Å². The highest BCUT2D eigenvalue weighted by atomic mass is 16.4. The van der Waals surface area contributed by atoms with Crippen molar-refractivity contribution >= 4 is 5.97 Å². The molecule has 0 rings (SSSR count). The molecule has 0 saturated heterocycles. The number of aliphatic carboxylic acids is 1. The van der Waals surface area contributed by atoms with Gasteiger partial charge in [0.1, 0.15) is 5.60 Å². The van der Waals surface area contributed by atoms with Crippen molar-refractivity contribution in [2.24, 2.45) is 5.41 Å². The molecule has 0 radical (unpaired) electrons. The van der Waals surface area contributed by atoms with Crippen LogP contribution in [0.1, 0.15) is 34.1 Å². The maximum atomic E-state index is 10.4. The van der Waals surface area contributed by atoms with E-state index in [0.717, 1.165) is 0 Å². The summed E-state index contributed by atoms with van der Waals surface area (Å²) in [6, 6.07) is 0. The highest BCUT2D eigenvalue weighted by Crippen LogP contribution is 2.19. The van der Waals surface area contributed by atoms with E-state index in [4.69, 9.17) is 5.11 Å². The van der Waals surface area contributed by atoms with Crippen molar-refractivity contribution in [1.29, 1.82) is 0 Å². The maximum Gasteiger partial charge on any atom is 0.304 e. The first-order chi connectivity index (χ1) is 5.62. The van der Waals surface area contributed by atoms with Crippen molar-refractivity contribution in [3.63, 3.8) is 0 Å². The van der Waals surface area contributed by atoms with Gasteiger partial charge in [-0.2, -0.15) is 0 Å². The predicted octanol–water partition coefficient (Wildman–Crippen LogP) is 1.26. The van der Waals surface area contributed by atoms with Crippen molar-refractivity contribution in [1.82, 2.24) is 0 Å². The Labute approximate surface area is 78.8 Å². The number of hydrogen-bond acceptors (Lipinski definition) is 2. The first-order valence-corrected chi connectivity index (χ1v) is 4.11. The summed E-state index contributed by atoms with van der Waals surface area (Å²) in [5.41, 5.74) is -1.65. The molecule has 0 aliphatic carbocycles. The summed E-state index contributed by atoms with van der Waals surface area (Å²) in [5, 5.41) is 17.8. The fourth-order valence-corrected chi connectivity index (χ4v) is 0.744. The topological polar surface area (TPSA) is 57.5 Å². The molecule has 0 aromatic heterocycles. The van der Waals surface area contributed by atoms with Crippen LogP contribution in [-0.4, -0.2) is 21.8 Å². The number of carboxylic acids is 1. The monoisotopic (exact) mass is 184 g/mol. The molecule has 0 aromatic carbocycles. The molecule has 0 spiro atoms. The van der Waals surface area contributed by atoms with Crippen LogP contribution in [0.4, 0.5) is 0 Å². The van der Waals surface area contributed by atoms with Gasteiger partial charge in [-0.15, -0.1) is 0 Å². The molecule has 3 heteroatoms. The van der Waals surface area contributed by atoms with E-state index in [2.05, 4.69) is 11.8 Å². The average Bonchev–Trinajstić information content (AvgIpc) is 1.79. The van der Waals surface area contributed by atoms with Crippen molar-refractivity contribution in [3.8, 4) is 11.8 Å². The Morgan fingerprint density at radius 2 is 1.69 bits per heavy atom. The predicted molar refractivity (Wildman–Crippen MR) is 50.1 cm³/mol. The van der Waals surface area contributed by atoms with Gasteiger partial charge in [-0.3, -0.25) is 4.79 Å². The zero-order valence-corrected chi connectivity index (χ0v) is 8.51. The fraction of sp³-hybridized carbons (Fsp3) is 0.700. The van der Waals surface area contributed by atoms with Gasteiger partial charge >= 0.3 is 5.97 Å². The molecule has 74 valence electrons. The van der Waals surface area contributed by atoms with Crippen LogP contribution in [-0.2, 0) is 4.79 Å². The van der Waals surface area contributed by atoms with Crippen LogP contribution in [0.25, 0.3) is 0 Å². The molecule has 2 N–H and O–H groups in total. The lowest BCUT2D eigenvalue weighted by Gasteiger charge is -2.15. The van der Waals surface area contributed by atoms with E-state index in [1.807, 2.05) is 0 Å². The normalized spacial score (nSPS) is 11.8. The molecule has 3 nitrogen and oxygen atoms in total. The van der Waals surface area contributed by atoms with Gasteiger partial charge in [0.25, 0.3) is 0 Å². The van der Waals surface area contributed by atoms with Crippen LogP contribution < -0.4 is 0 Å². The van der Waals surface area contributed by atoms with E-state index in [1.165, 1.54) is 0 Å². The van der Waals surface area contributed by atoms with E-state index in [0.29, 0.717) is 0 Å². The SMILES string of the molecule is CC(C)(O)C#CC(C)(C)CC(=O)O. The Morgan fingerprint density at radius 3 is 2.00 bits per heavy atom. The molecule has 0 atom stereocenters. The highest BCUT2D eigenvalue weighted by molar-refractivity contribution is 5.68. The van der Waals surface area contributed by atoms with E-state index in [9.17, 15) is 9.90 Å². The summed E-state index contributed by atoms with van der Waals surface area (Å²) >= 11 is 0. The van der Waals surface area contributed by atoms with Gasteiger partial charge in [-0.05, 0) is 27.7 Å². The molecule has 0 heterocycles. The molecule has 0 fully saturated rings. The lowest BCUT2D eigenvalue weighted by atomic mass is 9.89. The third kappa shape index (κ3) is 7.35. The molecule has 0 unspecified atom stereocenters. The smallest absolute Gasteiger partial charge is 0.304 e. The van der Waals surface area contributed by atoms with Crippen LogP contribution in [0, 0.1) is 17.3 Å². The number of hydrogen-bond donors (Lipinski definition) is 2. The third-order valence-corrected chi connectivity index (χ3v) is 1.30. The first kappa shape index (κ1) is 12.0. The third-order valence-electron chi connectivity index (χ3n) is 1.30. The minimum Gasteiger partial charge on any atom is -0.481 e. The quantitative estimate of drug-likeness (QED) is 0.635. The van der Waals surface area contributed by atoms with Crippen molar-refractivity contribution in [2.75, 3.05) is 0 Å². The molecular weight excluding hydrogens is 168 g/mol. The summed E-state index contributed by atoms with van der Waals surface area (Å²) < 4.78 is 0. The molecular formula is C10H16O3. The lowest BCUT2D eigenvalue weighted by molar-refractivity contribution is -0.138. The van der Waals surface area contributed by atoms with Crippen LogP contribution in [0.3, 0.4) is 0 Å². The van der Waals surface area contributed by atoms with Gasteiger partial charge in [-0.1, -0.05) is 11.8 Å². The summed E-state index contributed by atoms with van der Waals surface area (Å²) in [6.07, 6.45) is -0.0178. The standard InChI is InChI=1S/C10H16O3/c1-9(2,7-8(11)12)5-6-10(3,4)13/h13H,7H2,1-4H3,(H,11,12). The van der Waals surface area contributed by atoms with Crippen molar-refractivity contribution in [3.05, 3.63) is 0 Å². The average molecular weight is 184 g/mol. The molecule has 0 aliphatic rings. The molecule has 0 saturated carbocycles. The van der Waals surface area contributed by atoms with Gasteiger partial charge < -0.3 is 10.2 Å². The number of carboxylic acid groups (broad SMARTS) is 1. The van der Waals surface area contributed by atoms with Crippen molar-refractivity contribution < 1.29 is 15.0 Å². The first-order valence-electron chi connectivity index (χ1n) is 4.11. The molecule has 0 amide bonds. The molecule has 13 heavy (non-hydrogen) atoms. The molecule has 0 bridgehead atoms. The van der Waals surface area contributed by atoms with E-state index < -0.39 is 17.0 Å². The largest absolute Gasteiger partial charge is 0.481 e. The fourth-order valence-electron chi connectivity index (χ4n) is 0.744.